The molecule has 230 valence electrons. The highest BCUT2D eigenvalue weighted by atomic mass is 16.3. The summed E-state index contributed by atoms with van der Waals surface area (Å²) in [6.07, 6.45) is 33.0. The van der Waals surface area contributed by atoms with Gasteiger partial charge in [-0.05, 0) is 32.1 Å². The number of hydrogen-bond donors (Lipinski definition) is 4. The lowest BCUT2D eigenvalue weighted by Crippen LogP contribution is -2.45. The lowest BCUT2D eigenvalue weighted by molar-refractivity contribution is -0.124. The quantitative estimate of drug-likeness (QED) is 0.0556. The molecular weight excluding hydrogens is 486 g/mol. The van der Waals surface area contributed by atoms with E-state index in [0.717, 1.165) is 32.1 Å². The summed E-state index contributed by atoms with van der Waals surface area (Å²) in [5, 5.41) is 32.8. The molecule has 0 aliphatic carbocycles. The van der Waals surface area contributed by atoms with Crippen molar-refractivity contribution >= 4 is 5.91 Å². The van der Waals surface area contributed by atoms with Crippen LogP contribution in [0.15, 0.2) is 24.3 Å². The van der Waals surface area contributed by atoms with Crippen LogP contribution in [0.1, 0.15) is 162 Å². The molecule has 4 N–H and O–H groups in total. The lowest BCUT2D eigenvalue weighted by atomic mass is 10.0. The number of aliphatic hydroxyl groups excluding tert-OH is 3. The maximum atomic E-state index is 12.3. The van der Waals surface area contributed by atoms with Crippen molar-refractivity contribution in [2.75, 3.05) is 6.61 Å². The summed E-state index contributed by atoms with van der Waals surface area (Å²) in [6.45, 7) is 4.15. The Bertz CT molecular complexity index is 578. The van der Waals surface area contributed by atoms with Crippen molar-refractivity contribution < 1.29 is 20.1 Å². The molecule has 0 radical (unpaired) electrons. The van der Waals surface area contributed by atoms with Gasteiger partial charge in [-0.25, -0.2) is 0 Å². The van der Waals surface area contributed by atoms with Crippen molar-refractivity contribution in [3.63, 3.8) is 0 Å². The molecule has 3 unspecified atom stereocenters. The number of unbranched alkanes of at least 4 members (excludes halogenated alkanes) is 18. The molecule has 5 nitrogen and oxygen atoms in total. The fourth-order valence-electron chi connectivity index (χ4n) is 4.88. The summed E-state index contributed by atoms with van der Waals surface area (Å²) in [6, 6.07) is -0.754. The van der Waals surface area contributed by atoms with E-state index in [1.54, 1.807) is 6.08 Å². The minimum atomic E-state index is -0.945. The lowest BCUT2D eigenvalue weighted by Gasteiger charge is -2.21. The summed E-state index contributed by atoms with van der Waals surface area (Å²) < 4.78 is 0. The van der Waals surface area contributed by atoms with Gasteiger partial charge < -0.3 is 20.6 Å². The van der Waals surface area contributed by atoms with Crippen molar-refractivity contribution in [2.45, 2.75) is 180 Å². The first kappa shape index (κ1) is 37.8. The monoisotopic (exact) mass is 551 g/mol. The van der Waals surface area contributed by atoms with Gasteiger partial charge in [0, 0.05) is 0 Å². The smallest absolute Gasteiger partial charge is 0.222 e. The molecule has 0 aliphatic rings. The molecule has 0 bridgehead atoms. The number of amides is 1. The van der Waals surface area contributed by atoms with E-state index in [1.165, 1.54) is 103 Å². The van der Waals surface area contributed by atoms with Crippen LogP contribution in [0.3, 0.4) is 0 Å². The van der Waals surface area contributed by atoms with E-state index < -0.39 is 18.2 Å². The summed E-state index contributed by atoms with van der Waals surface area (Å²) >= 11 is 0. The van der Waals surface area contributed by atoms with E-state index in [-0.39, 0.29) is 18.9 Å². The van der Waals surface area contributed by atoms with E-state index in [1.807, 2.05) is 6.08 Å². The van der Waals surface area contributed by atoms with Gasteiger partial charge in [0.05, 0.1) is 31.3 Å². The van der Waals surface area contributed by atoms with E-state index in [2.05, 4.69) is 31.3 Å². The highest BCUT2D eigenvalue weighted by Crippen LogP contribution is 2.14. The fraction of sp³-hybridized carbons (Fsp3) is 0.853. The molecule has 3 atom stereocenters. The van der Waals surface area contributed by atoms with E-state index >= 15 is 0 Å². The van der Waals surface area contributed by atoms with Crippen LogP contribution in [0.4, 0.5) is 0 Å². The van der Waals surface area contributed by atoms with Crippen LogP contribution in [0.25, 0.3) is 0 Å². The Morgan fingerprint density at radius 3 is 1.64 bits per heavy atom. The zero-order valence-corrected chi connectivity index (χ0v) is 25.8. The average molecular weight is 552 g/mol. The third-order valence-corrected chi connectivity index (χ3v) is 7.49. The summed E-state index contributed by atoms with van der Waals surface area (Å²) in [4.78, 5) is 12.3. The van der Waals surface area contributed by atoms with Gasteiger partial charge >= 0.3 is 0 Å². The van der Waals surface area contributed by atoms with Crippen LogP contribution in [-0.4, -0.2) is 46.1 Å². The largest absolute Gasteiger partial charge is 0.394 e. The van der Waals surface area contributed by atoms with Crippen LogP contribution in [-0.2, 0) is 4.79 Å². The highest BCUT2D eigenvalue weighted by molar-refractivity contribution is 5.76. The molecule has 0 saturated heterocycles. The Morgan fingerprint density at radius 1 is 0.641 bits per heavy atom. The minimum Gasteiger partial charge on any atom is -0.394 e. The molecule has 39 heavy (non-hydrogen) atoms. The van der Waals surface area contributed by atoms with Gasteiger partial charge in [0.15, 0.2) is 0 Å². The van der Waals surface area contributed by atoms with E-state index in [9.17, 15) is 20.1 Å². The van der Waals surface area contributed by atoms with Crippen LogP contribution in [0, 0.1) is 0 Å². The molecule has 0 aliphatic heterocycles. The zero-order chi connectivity index (χ0) is 28.8. The minimum absolute atomic E-state index is 0.00830. The maximum absolute atomic E-state index is 12.3. The predicted octanol–water partition coefficient (Wildman–Crippen LogP) is 8.31. The second-order valence-electron chi connectivity index (χ2n) is 11.4. The van der Waals surface area contributed by atoms with Gasteiger partial charge in [0.2, 0.25) is 5.91 Å². The molecule has 0 aromatic heterocycles. The Morgan fingerprint density at radius 2 is 1.10 bits per heavy atom. The number of hydrogen-bond acceptors (Lipinski definition) is 4. The SMILES string of the molecule is CCCCCCCC/C=C/CC/C=C/C(O)C(CO)NC(=O)CC(O)CCCCCCCCCCCCCC. The third kappa shape index (κ3) is 26.8. The van der Waals surface area contributed by atoms with Gasteiger partial charge in [-0.2, -0.15) is 0 Å². The normalized spacial score (nSPS) is 14.3. The van der Waals surface area contributed by atoms with Crippen molar-refractivity contribution in [1.82, 2.24) is 5.32 Å². The Kier molecular flexibility index (Phi) is 28.9. The fourth-order valence-corrected chi connectivity index (χ4v) is 4.88. The van der Waals surface area contributed by atoms with Crippen LogP contribution in [0.2, 0.25) is 0 Å². The van der Waals surface area contributed by atoms with Crippen molar-refractivity contribution in [2.24, 2.45) is 0 Å². The molecule has 1 amide bonds. The van der Waals surface area contributed by atoms with Crippen LogP contribution < -0.4 is 5.32 Å². The second kappa shape index (κ2) is 29.8. The predicted molar refractivity (Wildman–Crippen MR) is 167 cm³/mol. The number of carbonyl (C=O) groups is 1. The first-order valence-corrected chi connectivity index (χ1v) is 16.6. The second-order valence-corrected chi connectivity index (χ2v) is 11.4. The molecule has 0 rings (SSSR count). The van der Waals surface area contributed by atoms with Crippen LogP contribution in [0.5, 0.6) is 0 Å². The van der Waals surface area contributed by atoms with Crippen molar-refractivity contribution in [1.29, 1.82) is 0 Å². The first-order valence-electron chi connectivity index (χ1n) is 16.6. The number of nitrogens with one attached hydrogen (secondary N) is 1. The molecule has 0 aromatic carbocycles. The third-order valence-electron chi connectivity index (χ3n) is 7.49. The standard InChI is InChI=1S/C34H65NO4/c1-3-5-7-9-11-13-15-17-19-21-23-25-27-31(37)29-34(39)35-32(30-36)33(38)28-26-24-22-20-18-16-14-12-10-8-6-4-2/h18,20,26,28,31-33,36-38H,3-17,19,21-25,27,29-30H2,1-2H3,(H,35,39)/b20-18+,28-26+. The van der Waals surface area contributed by atoms with E-state index in [0.29, 0.717) is 6.42 Å². The Balaban J connectivity index is 3.83. The Labute approximate surface area is 241 Å². The summed E-state index contributed by atoms with van der Waals surface area (Å²) in [7, 11) is 0. The van der Waals surface area contributed by atoms with E-state index in [4.69, 9.17) is 0 Å². The van der Waals surface area contributed by atoms with Gasteiger partial charge in [-0.15, -0.1) is 0 Å². The molecule has 0 spiro atoms. The number of aliphatic hydroxyl groups is 3. The summed E-state index contributed by atoms with van der Waals surface area (Å²) in [5.74, 6) is -0.328. The van der Waals surface area contributed by atoms with Gasteiger partial charge in [-0.3, -0.25) is 4.79 Å². The highest BCUT2D eigenvalue weighted by Gasteiger charge is 2.20. The Hall–Kier alpha value is -1.17. The van der Waals surface area contributed by atoms with Crippen molar-refractivity contribution in [3.05, 3.63) is 24.3 Å². The maximum Gasteiger partial charge on any atom is 0.222 e. The number of rotatable bonds is 29. The van der Waals surface area contributed by atoms with Gasteiger partial charge in [0.1, 0.15) is 0 Å². The number of allylic oxidation sites excluding steroid dienone is 3. The molecule has 0 saturated carbocycles. The summed E-state index contributed by atoms with van der Waals surface area (Å²) in [5.41, 5.74) is 0. The molecule has 0 aromatic rings. The topological polar surface area (TPSA) is 89.8 Å². The molecule has 0 heterocycles. The van der Waals surface area contributed by atoms with Gasteiger partial charge in [-0.1, -0.05) is 147 Å². The molecule has 5 heteroatoms. The molecule has 0 fully saturated rings. The van der Waals surface area contributed by atoms with Gasteiger partial charge in [0.25, 0.3) is 0 Å². The zero-order valence-electron chi connectivity index (χ0n) is 25.8. The number of carbonyl (C=O) groups excluding carboxylic acids is 1. The van der Waals surface area contributed by atoms with Crippen LogP contribution >= 0.6 is 0 Å². The average Bonchev–Trinajstić information content (AvgIpc) is 2.92. The van der Waals surface area contributed by atoms with Crippen molar-refractivity contribution in [3.8, 4) is 0 Å². The first-order chi connectivity index (χ1) is 19.0. The molecular formula is C34H65NO4.